The number of hydrogen-bond donors (Lipinski definition) is 0. The van der Waals surface area contributed by atoms with E-state index >= 15 is 0 Å². The SMILES string of the molecule is Cc1ccc2cc([N+](=O)[O-])cnc2c1. The van der Waals surface area contributed by atoms with Gasteiger partial charge in [-0.15, -0.1) is 0 Å². The Morgan fingerprint density at radius 1 is 1.36 bits per heavy atom. The zero-order chi connectivity index (χ0) is 10.1. The van der Waals surface area contributed by atoms with E-state index in [2.05, 4.69) is 4.98 Å². The summed E-state index contributed by atoms with van der Waals surface area (Å²) in [5, 5.41) is 11.3. The lowest BCUT2D eigenvalue weighted by molar-refractivity contribution is -0.385. The van der Waals surface area contributed by atoms with Gasteiger partial charge in [-0.1, -0.05) is 12.1 Å². The molecule has 4 nitrogen and oxygen atoms in total. The van der Waals surface area contributed by atoms with E-state index in [0.717, 1.165) is 16.5 Å². The van der Waals surface area contributed by atoms with Gasteiger partial charge in [0.15, 0.2) is 0 Å². The maximum atomic E-state index is 10.5. The monoisotopic (exact) mass is 188 g/mol. The van der Waals surface area contributed by atoms with Crippen molar-refractivity contribution in [1.29, 1.82) is 0 Å². The molecule has 0 N–H and O–H groups in total. The van der Waals surface area contributed by atoms with Gasteiger partial charge in [-0.3, -0.25) is 10.1 Å². The molecule has 0 saturated heterocycles. The molecule has 0 atom stereocenters. The number of rotatable bonds is 1. The van der Waals surface area contributed by atoms with Crippen LogP contribution in [0.3, 0.4) is 0 Å². The smallest absolute Gasteiger partial charge is 0.258 e. The van der Waals surface area contributed by atoms with E-state index in [0.29, 0.717) is 0 Å². The summed E-state index contributed by atoms with van der Waals surface area (Å²) in [5.41, 5.74) is 1.91. The molecule has 0 bridgehead atoms. The van der Waals surface area contributed by atoms with Crippen LogP contribution in [0.1, 0.15) is 5.56 Å². The van der Waals surface area contributed by atoms with Crippen LogP contribution in [0.15, 0.2) is 30.5 Å². The highest BCUT2D eigenvalue weighted by molar-refractivity contribution is 5.80. The van der Waals surface area contributed by atoms with Gasteiger partial charge in [-0.25, -0.2) is 4.98 Å². The van der Waals surface area contributed by atoms with Crippen molar-refractivity contribution in [1.82, 2.24) is 4.98 Å². The van der Waals surface area contributed by atoms with Crippen LogP contribution in [0, 0.1) is 17.0 Å². The van der Waals surface area contributed by atoms with Gasteiger partial charge in [0.2, 0.25) is 0 Å². The molecule has 0 aliphatic carbocycles. The first-order valence-electron chi connectivity index (χ1n) is 4.17. The molecule has 70 valence electrons. The fourth-order valence-corrected chi connectivity index (χ4v) is 1.32. The molecule has 0 fully saturated rings. The largest absolute Gasteiger partial charge is 0.288 e. The first kappa shape index (κ1) is 8.62. The number of hydrogen-bond acceptors (Lipinski definition) is 3. The summed E-state index contributed by atoms with van der Waals surface area (Å²) < 4.78 is 0. The zero-order valence-corrected chi connectivity index (χ0v) is 7.60. The third-order valence-electron chi connectivity index (χ3n) is 2.04. The van der Waals surface area contributed by atoms with Crippen LogP contribution in [0.5, 0.6) is 0 Å². The van der Waals surface area contributed by atoms with Crippen molar-refractivity contribution in [2.24, 2.45) is 0 Å². The van der Waals surface area contributed by atoms with Crippen LogP contribution in [0.2, 0.25) is 0 Å². The Hall–Kier alpha value is -1.97. The first-order chi connectivity index (χ1) is 6.66. The van der Waals surface area contributed by atoms with Gasteiger partial charge >= 0.3 is 0 Å². The second kappa shape index (κ2) is 3.06. The molecule has 0 spiro atoms. The van der Waals surface area contributed by atoms with Crippen LogP contribution in [0.25, 0.3) is 10.9 Å². The van der Waals surface area contributed by atoms with Crippen LogP contribution in [-0.2, 0) is 0 Å². The predicted octanol–water partition coefficient (Wildman–Crippen LogP) is 2.45. The first-order valence-corrected chi connectivity index (χ1v) is 4.17. The summed E-state index contributed by atoms with van der Waals surface area (Å²) in [6, 6.07) is 7.18. The summed E-state index contributed by atoms with van der Waals surface area (Å²) >= 11 is 0. The summed E-state index contributed by atoms with van der Waals surface area (Å²) in [6.45, 7) is 1.96. The van der Waals surface area contributed by atoms with E-state index < -0.39 is 4.92 Å². The third kappa shape index (κ3) is 1.42. The van der Waals surface area contributed by atoms with Crippen molar-refractivity contribution in [3.8, 4) is 0 Å². The number of nitrogens with zero attached hydrogens (tertiary/aromatic N) is 2. The Morgan fingerprint density at radius 2 is 2.14 bits per heavy atom. The maximum Gasteiger partial charge on any atom is 0.288 e. The third-order valence-corrected chi connectivity index (χ3v) is 2.04. The molecule has 2 rings (SSSR count). The minimum Gasteiger partial charge on any atom is -0.258 e. The molecule has 1 aromatic carbocycles. The number of aryl methyl sites for hydroxylation is 1. The van der Waals surface area contributed by atoms with Crippen molar-refractivity contribution in [2.45, 2.75) is 6.92 Å². The number of nitro groups is 1. The Morgan fingerprint density at radius 3 is 2.86 bits per heavy atom. The molecule has 0 aliphatic heterocycles. The van der Waals surface area contributed by atoms with Crippen LogP contribution < -0.4 is 0 Å². The second-order valence-corrected chi connectivity index (χ2v) is 3.15. The van der Waals surface area contributed by atoms with Crippen molar-refractivity contribution in [3.05, 3.63) is 46.1 Å². The highest BCUT2D eigenvalue weighted by Crippen LogP contribution is 2.18. The zero-order valence-electron chi connectivity index (χ0n) is 7.60. The molecule has 14 heavy (non-hydrogen) atoms. The van der Waals surface area contributed by atoms with Gasteiger partial charge in [-0.2, -0.15) is 0 Å². The van der Waals surface area contributed by atoms with Crippen molar-refractivity contribution in [3.63, 3.8) is 0 Å². The van der Waals surface area contributed by atoms with Crippen molar-refractivity contribution < 1.29 is 4.92 Å². The summed E-state index contributed by atoms with van der Waals surface area (Å²) in [4.78, 5) is 14.1. The molecular formula is C10H8N2O2. The molecular weight excluding hydrogens is 180 g/mol. The average molecular weight is 188 g/mol. The summed E-state index contributed by atoms with van der Waals surface area (Å²) in [7, 11) is 0. The fourth-order valence-electron chi connectivity index (χ4n) is 1.32. The Kier molecular flexibility index (Phi) is 1.89. The van der Waals surface area contributed by atoms with E-state index in [1.165, 1.54) is 12.3 Å². The van der Waals surface area contributed by atoms with Crippen LogP contribution >= 0.6 is 0 Å². The number of pyridine rings is 1. The summed E-state index contributed by atoms with van der Waals surface area (Å²) in [5.74, 6) is 0. The van der Waals surface area contributed by atoms with E-state index in [4.69, 9.17) is 0 Å². The quantitative estimate of drug-likeness (QED) is 0.510. The lowest BCUT2D eigenvalue weighted by Gasteiger charge is -1.97. The maximum absolute atomic E-state index is 10.5. The normalized spacial score (nSPS) is 10.4. The topological polar surface area (TPSA) is 56.0 Å². The van der Waals surface area contributed by atoms with E-state index in [-0.39, 0.29) is 5.69 Å². The minimum absolute atomic E-state index is 0.0290. The molecule has 2 aromatic rings. The standard InChI is InChI=1S/C10H8N2O2/c1-7-2-3-8-5-9(12(13)14)6-11-10(8)4-7/h2-6H,1H3. The van der Waals surface area contributed by atoms with E-state index in [1.807, 2.05) is 25.1 Å². The van der Waals surface area contributed by atoms with Gasteiger partial charge < -0.3 is 0 Å². The number of fused-ring (bicyclic) bond motifs is 1. The highest BCUT2D eigenvalue weighted by Gasteiger charge is 2.06. The van der Waals surface area contributed by atoms with Gasteiger partial charge in [0.05, 0.1) is 10.4 Å². The van der Waals surface area contributed by atoms with Crippen LogP contribution in [-0.4, -0.2) is 9.91 Å². The summed E-state index contributed by atoms with van der Waals surface area (Å²) in [6.07, 6.45) is 1.28. The number of benzene rings is 1. The molecule has 4 heteroatoms. The predicted molar refractivity (Wildman–Crippen MR) is 53.1 cm³/mol. The Labute approximate surface area is 80.4 Å². The molecule has 1 aromatic heterocycles. The molecule has 0 amide bonds. The molecule has 0 radical (unpaired) electrons. The molecule has 0 unspecified atom stereocenters. The molecule has 1 heterocycles. The van der Waals surface area contributed by atoms with Crippen LogP contribution in [0.4, 0.5) is 5.69 Å². The fraction of sp³-hybridized carbons (Fsp3) is 0.100. The Bertz CT molecular complexity index is 508. The highest BCUT2D eigenvalue weighted by atomic mass is 16.6. The van der Waals surface area contributed by atoms with Crippen molar-refractivity contribution >= 4 is 16.6 Å². The average Bonchev–Trinajstić information content (AvgIpc) is 2.16. The molecule has 0 saturated carbocycles. The minimum atomic E-state index is -0.438. The van der Waals surface area contributed by atoms with Crippen molar-refractivity contribution in [2.75, 3.05) is 0 Å². The lowest BCUT2D eigenvalue weighted by Crippen LogP contribution is -1.89. The van der Waals surface area contributed by atoms with Gasteiger partial charge in [0, 0.05) is 11.5 Å². The van der Waals surface area contributed by atoms with Gasteiger partial charge in [0.25, 0.3) is 5.69 Å². The van der Waals surface area contributed by atoms with E-state index in [9.17, 15) is 10.1 Å². The van der Waals surface area contributed by atoms with E-state index in [1.54, 1.807) is 0 Å². The number of aromatic nitrogens is 1. The van der Waals surface area contributed by atoms with Gasteiger partial charge in [-0.05, 0) is 18.6 Å². The second-order valence-electron chi connectivity index (χ2n) is 3.15. The lowest BCUT2D eigenvalue weighted by atomic mass is 10.1. The van der Waals surface area contributed by atoms with Gasteiger partial charge in [0.1, 0.15) is 6.20 Å². The molecule has 0 aliphatic rings. The Balaban J connectivity index is 2.67.